The van der Waals surface area contributed by atoms with Gasteiger partial charge in [0.05, 0.1) is 72.2 Å². The molecule has 294 valence electrons. The number of nitrogens with one attached hydrogen (secondary N) is 4. The average Bonchev–Trinajstić information content (AvgIpc) is 4.03. The van der Waals surface area contributed by atoms with Gasteiger partial charge in [-0.2, -0.15) is 0 Å². The predicted octanol–water partition coefficient (Wildman–Crippen LogP) is 5.65. The Morgan fingerprint density at radius 3 is 1.45 bits per heavy atom. The number of carbonyl (C=O) groups is 4. The molecule has 0 spiro atoms. The summed E-state index contributed by atoms with van der Waals surface area (Å²) in [6.45, 7) is 8.72. The van der Waals surface area contributed by atoms with Crippen LogP contribution in [0.15, 0.2) is 48.8 Å². The van der Waals surface area contributed by atoms with Crippen molar-refractivity contribution in [2.75, 3.05) is 27.3 Å². The van der Waals surface area contributed by atoms with Crippen LogP contribution in [0.4, 0.5) is 9.59 Å². The molecule has 16 heteroatoms. The van der Waals surface area contributed by atoms with Crippen LogP contribution in [0.25, 0.3) is 44.6 Å². The summed E-state index contributed by atoms with van der Waals surface area (Å²) in [6, 6.07) is 9.85. The van der Waals surface area contributed by atoms with Gasteiger partial charge in [-0.3, -0.25) is 19.6 Å². The molecule has 56 heavy (non-hydrogen) atoms. The van der Waals surface area contributed by atoms with E-state index in [9.17, 15) is 19.2 Å². The van der Waals surface area contributed by atoms with E-state index in [0.29, 0.717) is 36.1 Å². The number of alkyl carbamates (subject to hydrolysis) is 2. The van der Waals surface area contributed by atoms with Crippen LogP contribution in [0.5, 0.6) is 0 Å². The summed E-state index contributed by atoms with van der Waals surface area (Å²) in [5.74, 6) is 0.840. The number of hydrogen-bond acceptors (Lipinski definition) is 10. The third-order valence-corrected chi connectivity index (χ3v) is 10.7. The molecule has 4 amide bonds. The second kappa shape index (κ2) is 16.0. The first-order chi connectivity index (χ1) is 26.9. The Morgan fingerprint density at radius 1 is 0.679 bits per heavy atom. The number of amides is 4. The molecule has 3 aromatic heterocycles. The number of fused-ring (bicyclic) bond motifs is 2. The maximum atomic E-state index is 13.6. The number of aromatic amines is 2. The van der Waals surface area contributed by atoms with Crippen molar-refractivity contribution >= 4 is 46.1 Å². The lowest BCUT2D eigenvalue weighted by molar-refractivity contribution is -0.136. The minimum absolute atomic E-state index is 0.121. The van der Waals surface area contributed by atoms with Gasteiger partial charge in [0.15, 0.2) is 0 Å². The van der Waals surface area contributed by atoms with Crippen LogP contribution >= 0.6 is 0 Å². The largest absolute Gasteiger partial charge is 0.453 e. The monoisotopic (exact) mass is 764 g/mol. The minimum Gasteiger partial charge on any atom is -0.453 e. The summed E-state index contributed by atoms with van der Waals surface area (Å²) in [5.41, 5.74) is 6.24. The third-order valence-electron chi connectivity index (χ3n) is 10.7. The van der Waals surface area contributed by atoms with Gasteiger partial charge < -0.3 is 39.9 Å². The Bertz CT molecular complexity index is 2090. The zero-order valence-electron chi connectivity index (χ0n) is 32.5. The zero-order valence-corrected chi connectivity index (χ0v) is 32.5. The molecule has 2 fully saturated rings. The molecule has 2 saturated heterocycles. The van der Waals surface area contributed by atoms with Crippen molar-refractivity contribution in [1.82, 2.24) is 50.3 Å². The number of benzene rings is 2. The van der Waals surface area contributed by atoms with Gasteiger partial charge >= 0.3 is 12.2 Å². The van der Waals surface area contributed by atoms with Gasteiger partial charge in [0, 0.05) is 24.2 Å². The van der Waals surface area contributed by atoms with Crippen LogP contribution < -0.4 is 10.6 Å². The molecule has 4 atom stereocenters. The van der Waals surface area contributed by atoms with Gasteiger partial charge in [-0.15, -0.1) is 0 Å². The molecule has 0 saturated carbocycles. The van der Waals surface area contributed by atoms with Crippen molar-refractivity contribution in [2.45, 2.75) is 77.5 Å². The summed E-state index contributed by atoms with van der Waals surface area (Å²) < 4.78 is 9.52. The SMILES string of the molecule is COC(=O)N[C@H](C(=O)N1CCC[C@H]1c1nc2cc(-c3cnc(-c4ccc5[nH]c([C@@H]6CCCN6C(=O)[C@@H](NC(=O)OC)C(C)C)nc5c4)cn3)ccc2[nH]1)C(C)C. The fourth-order valence-electron chi connectivity index (χ4n) is 7.70. The normalized spacial score (nSPS) is 18.1. The molecule has 0 radical (unpaired) electrons. The highest BCUT2D eigenvalue weighted by molar-refractivity contribution is 5.88. The van der Waals surface area contributed by atoms with Crippen molar-refractivity contribution in [1.29, 1.82) is 0 Å². The van der Waals surface area contributed by atoms with Crippen molar-refractivity contribution in [3.8, 4) is 22.5 Å². The van der Waals surface area contributed by atoms with Crippen molar-refractivity contribution in [3.63, 3.8) is 0 Å². The first-order valence-corrected chi connectivity index (χ1v) is 19.1. The predicted molar refractivity (Wildman–Crippen MR) is 208 cm³/mol. The topological polar surface area (TPSA) is 200 Å². The number of aromatic nitrogens is 6. The lowest BCUT2D eigenvalue weighted by Gasteiger charge is -2.29. The lowest BCUT2D eigenvalue weighted by atomic mass is 10.0. The summed E-state index contributed by atoms with van der Waals surface area (Å²) in [7, 11) is 2.57. The molecule has 5 heterocycles. The van der Waals surface area contributed by atoms with Crippen LogP contribution in [0, 0.1) is 11.8 Å². The van der Waals surface area contributed by atoms with Crippen LogP contribution in [0.1, 0.15) is 77.1 Å². The van der Waals surface area contributed by atoms with E-state index in [4.69, 9.17) is 29.4 Å². The standard InChI is InChI=1S/C40H48N10O6/c1-21(2)33(47-39(53)55-5)37(51)49-15-7-9-31(49)35-43-25-13-11-23(17-27(25)45-35)29-19-42-30(20-41-29)24-12-14-26-28(18-24)46-36(44-26)32-10-8-16-50(32)38(52)34(22(3)4)48-40(54)56-6/h11-14,17-22,31-34H,7-10,15-16H2,1-6H3,(H,43,45)(H,44,46)(H,47,53)(H,48,54)/t31-,32-,33-,34-/m0/s1. The van der Waals surface area contributed by atoms with E-state index in [2.05, 4.69) is 20.6 Å². The van der Waals surface area contributed by atoms with E-state index in [1.807, 2.05) is 64.1 Å². The summed E-state index contributed by atoms with van der Waals surface area (Å²) in [5, 5.41) is 5.38. The van der Waals surface area contributed by atoms with Crippen molar-refractivity contribution in [3.05, 3.63) is 60.4 Å². The maximum Gasteiger partial charge on any atom is 0.407 e. The average molecular weight is 765 g/mol. The van der Waals surface area contributed by atoms with E-state index >= 15 is 0 Å². The molecule has 7 rings (SSSR count). The second-order valence-electron chi connectivity index (χ2n) is 15.1. The van der Waals surface area contributed by atoms with E-state index in [1.54, 1.807) is 22.2 Å². The quantitative estimate of drug-likeness (QED) is 0.138. The highest BCUT2D eigenvalue weighted by Crippen LogP contribution is 2.35. The molecule has 2 aliphatic rings. The van der Waals surface area contributed by atoms with Gasteiger partial charge in [0.1, 0.15) is 23.7 Å². The smallest absolute Gasteiger partial charge is 0.407 e. The first kappa shape index (κ1) is 38.2. The van der Waals surface area contributed by atoms with Crippen LogP contribution in [0.2, 0.25) is 0 Å². The molecule has 0 unspecified atom stereocenters. The second-order valence-corrected chi connectivity index (χ2v) is 15.1. The molecule has 5 aromatic rings. The van der Waals surface area contributed by atoms with E-state index < -0.39 is 24.3 Å². The number of ether oxygens (including phenoxy) is 2. The van der Waals surface area contributed by atoms with Gasteiger partial charge in [0.25, 0.3) is 0 Å². The van der Waals surface area contributed by atoms with E-state index in [0.717, 1.165) is 58.9 Å². The van der Waals surface area contributed by atoms with Gasteiger partial charge in [0.2, 0.25) is 11.8 Å². The Hall–Kier alpha value is -6.06. The number of hydrogen-bond donors (Lipinski definition) is 4. The number of H-pyrrole nitrogens is 2. The molecule has 0 aliphatic carbocycles. The summed E-state index contributed by atoms with van der Waals surface area (Å²) in [4.78, 5) is 80.9. The number of carbonyl (C=O) groups excluding carboxylic acids is 4. The summed E-state index contributed by atoms with van der Waals surface area (Å²) >= 11 is 0. The van der Waals surface area contributed by atoms with Crippen molar-refractivity contribution < 1.29 is 28.7 Å². The maximum absolute atomic E-state index is 13.6. The number of methoxy groups -OCH3 is 2. The van der Waals surface area contributed by atoms with Gasteiger partial charge in [-0.05, 0) is 61.8 Å². The number of rotatable bonds is 10. The van der Waals surface area contributed by atoms with Gasteiger partial charge in [-0.1, -0.05) is 39.8 Å². The zero-order chi connectivity index (χ0) is 39.7. The molecular formula is C40H48N10O6. The van der Waals surface area contributed by atoms with Crippen LogP contribution in [0.3, 0.4) is 0 Å². The van der Waals surface area contributed by atoms with Gasteiger partial charge in [-0.25, -0.2) is 19.6 Å². The first-order valence-electron chi connectivity index (χ1n) is 19.1. The Balaban J connectivity index is 1.06. The molecule has 0 bridgehead atoms. The summed E-state index contributed by atoms with van der Waals surface area (Å²) in [6.07, 6.45) is 5.37. The van der Waals surface area contributed by atoms with Crippen LogP contribution in [-0.4, -0.2) is 103 Å². The lowest BCUT2D eigenvalue weighted by Crippen LogP contribution is -2.51. The number of imidazole rings is 2. The van der Waals surface area contributed by atoms with Crippen molar-refractivity contribution in [2.24, 2.45) is 11.8 Å². The Kier molecular flexibility index (Phi) is 10.9. The van der Waals surface area contributed by atoms with E-state index in [-0.39, 0.29) is 35.7 Å². The highest BCUT2D eigenvalue weighted by atomic mass is 16.5. The number of nitrogens with zero attached hydrogens (tertiary/aromatic N) is 6. The minimum atomic E-state index is -0.707. The fourth-order valence-corrected chi connectivity index (χ4v) is 7.70. The highest BCUT2D eigenvalue weighted by Gasteiger charge is 2.39. The third kappa shape index (κ3) is 7.59. The Labute approximate surface area is 324 Å². The molecule has 2 aliphatic heterocycles. The van der Waals surface area contributed by atoms with Crippen LogP contribution in [-0.2, 0) is 19.1 Å². The molecular weight excluding hydrogens is 717 g/mol. The fraction of sp³-hybridized carbons (Fsp3) is 0.450. The molecule has 16 nitrogen and oxygen atoms in total. The molecule has 2 aromatic carbocycles. The molecule has 4 N–H and O–H groups in total. The number of likely N-dealkylation sites (tertiary alicyclic amines) is 2. The van der Waals surface area contributed by atoms with E-state index in [1.165, 1.54) is 14.2 Å². The Morgan fingerprint density at radius 2 is 1.09 bits per heavy atom.